The lowest BCUT2D eigenvalue weighted by Gasteiger charge is -2.17. The van der Waals surface area contributed by atoms with Crippen molar-refractivity contribution in [1.82, 2.24) is 10.6 Å². The summed E-state index contributed by atoms with van der Waals surface area (Å²) in [6.45, 7) is 7.90. The predicted octanol–water partition coefficient (Wildman–Crippen LogP) is 3.09. The molecule has 0 heterocycles. The van der Waals surface area contributed by atoms with Gasteiger partial charge in [0.2, 0.25) is 0 Å². The summed E-state index contributed by atoms with van der Waals surface area (Å²) in [7, 11) is 4.03. The van der Waals surface area contributed by atoms with E-state index in [0.717, 1.165) is 17.7 Å². The Kier molecular flexibility index (Phi) is 11.6. The third kappa shape index (κ3) is 9.41. The van der Waals surface area contributed by atoms with Gasteiger partial charge < -0.3 is 21.3 Å². The molecule has 0 unspecified atom stereocenters. The Bertz CT molecular complexity index is 827. The molecule has 0 spiro atoms. The summed E-state index contributed by atoms with van der Waals surface area (Å²) in [5.41, 5.74) is 10.3. The van der Waals surface area contributed by atoms with E-state index in [9.17, 15) is 8.78 Å². The number of hydrogen-bond acceptors (Lipinski definition) is 7. The molecule has 4 N–H and O–H groups in total. The van der Waals surface area contributed by atoms with Crippen LogP contribution < -0.4 is 21.3 Å². The van der Waals surface area contributed by atoms with Crippen molar-refractivity contribution in [3.05, 3.63) is 52.6 Å². The van der Waals surface area contributed by atoms with E-state index >= 15 is 0 Å². The Morgan fingerprint density at radius 1 is 1.19 bits per heavy atom. The molecule has 1 aromatic carbocycles. The maximum Gasteiger partial charge on any atom is 0.257 e. The lowest BCUT2D eigenvalue weighted by Crippen LogP contribution is -2.17. The molecular weight excluding hydrogens is 400 g/mol. The number of aliphatic imine (C=N–C) groups is 3. The molecule has 1 rings (SSSR count). The van der Waals surface area contributed by atoms with Crippen LogP contribution in [0.25, 0.3) is 0 Å². The summed E-state index contributed by atoms with van der Waals surface area (Å²) in [4.78, 5) is 14.0. The van der Waals surface area contributed by atoms with Crippen LogP contribution in [0.2, 0.25) is 0 Å². The number of nitrogens with two attached hydrogens (primary N) is 1. The topological polar surface area (TPSA) is 90.4 Å². The van der Waals surface area contributed by atoms with E-state index in [0.29, 0.717) is 18.1 Å². The summed E-state index contributed by atoms with van der Waals surface area (Å²) < 4.78 is 24.3. The minimum Gasteiger partial charge on any atom is -0.403 e. The average Bonchev–Trinajstić information content (AvgIpc) is 2.75. The van der Waals surface area contributed by atoms with Gasteiger partial charge >= 0.3 is 0 Å². The molecule has 1 aromatic rings. The minimum absolute atomic E-state index is 0.205. The molecule has 0 atom stereocenters. The van der Waals surface area contributed by atoms with Gasteiger partial charge in [0.25, 0.3) is 6.43 Å². The third-order valence-corrected chi connectivity index (χ3v) is 4.38. The van der Waals surface area contributed by atoms with Gasteiger partial charge in [-0.1, -0.05) is 13.0 Å². The molecular formula is C22H33F2N7. The van der Waals surface area contributed by atoms with Crippen molar-refractivity contribution in [2.24, 2.45) is 20.7 Å². The van der Waals surface area contributed by atoms with E-state index in [1.54, 1.807) is 6.21 Å². The lowest BCUT2D eigenvalue weighted by atomic mass is 10.0. The Hall–Kier alpha value is -3.23. The zero-order chi connectivity index (χ0) is 23.2. The lowest BCUT2D eigenvalue weighted by molar-refractivity contribution is 0.159. The van der Waals surface area contributed by atoms with Crippen molar-refractivity contribution in [2.45, 2.75) is 33.2 Å². The highest BCUT2D eigenvalue weighted by Gasteiger charge is 2.06. The minimum atomic E-state index is -2.49. The van der Waals surface area contributed by atoms with Crippen LogP contribution in [0.1, 0.15) is 25.0 Å². The Balaban J connectivity index is 2.74. The number of alkyl halides is 2. The number of nitrogens with zero attached hydrogens (tertiary/aromatic N) is 4. The fraction of sp³-hybridized carbons (Fsp3) is 0.409. The van der Waals surface area contributed by atoms with E-state index in [4.69, 9.17) is 5.73 Å². The number of hydrogen-bond donors (Lipinski definition) is 3. The number of halogens is 2. The van der Waals surface area contributed by atoms with E-state index in [1.807, 2.05) is 21.0 Å². The summed E-state index contributed by atoms with van der Waals surface area (Å²) in [5, 5.41) is 6.22. The number of allylic oxidation sites excluding steroid dienone is 2. The van der Waals surface area contributed by atoms with Crippen molar-refractivity contribution in [1.29, 1.82) is 0 Å². The Morgan fingerprint density at radius 3 is 2.52 bits per heavy atom. The number of aryl methyl sites for hydroxylation is 1. The first kappa shape index (κ1) is 25.8. The fourth-order valence-corrected chi connectivity index (χ4v) is 2.66. The quantitative estimate of drug-likeness (QED) is 0.417. The van der Waals surface area contributed by atoms with Gasteiger partial charge in [-0.15, -0.1) is 0 Å². The first-order chi connectivity index (χ1) is 14.8. The Morgan fingerprint density at radius 2 is 1.94 bits per heavy atom. The molecule has 31 heavy (non-hydrogen) atoms. The van der Waals surface area contributed by atoms with Crippen LogP contribution in [0.3, 0.4) is 0 Å². The smallest absolute Gasteiger partial charge is 0.257 e. The van der Waals surface area contributed by atoms with Crippen LogP contribution in [-0.2, 0) is 13.0 Å². The molecule has 0 aliphatic heterocycles. The van der Waals surface area contributed by atoms with E-state index in [1.165, 1.54) is 23.5 Å². The monoisotopic (exact) mass is 433 g/mol. The zero-order valence-electron chi connectivity index (χ0n) is 18.7. The molecule has 170 valence electrons. The molecule has 0 saturated heterocycles. The molecule has 0 radical (unpaired) electrons. The van der Waals surface area contributed by atoms with Crippen LogP contribution in [-0.4, -0.2) is 52.9 Å². The van der Waals surface area contributed by atoms with Gasteiger partial charge in [0.1, 0.15) is 12.5 Å². The predicted molar refractivity (Wildman–Crippen MR) is 127 cm³/mol. The van der Waals surface area contributed by atoms with Crippen molar-refractivity contribution in [3.63, 3.8) is 0 Å². The molecule has 0 saturated carbocycles. The second kappa shape index (κ2) is 13.9. The summed E-state index contributed by atoms with van der Waals surface area (Å²) in [6, 6.07) is 6.42. The molecule has 7 nitrogen and oxygen atoms in total. The van der Waals surface area contributed by atoms with E-state index < -0.39 is 13.0 Å². The van der Waals surface area contributed by atoms with E-state index in [2.05, 4.69) is 62.4 Å². The highest BCUT2D eigenvalue weighted by molar-refractivity contribution is 5.79. The largest absolute Gasteiger partial charge is 0.403 e. The van der Waals surface area contributed by atoms with Gasteiger partial charge in [0.05, 0.1) is 12.2 Å². The van der Waals surface area contributed by atoms with Gasteiger partial charge in [-0.25, -0.2) is 13.8 Å². The number of nitrogens with one attached hydrogen (secondary N) is 2. The number of benzene rings is 1. The van der Waals surface area contributed by atoms with Crippen LogP contribution in [0.4, 0.5) is 14.5 Å². The first-order valence-corrected chi connectivity index (χ1v) is 9.96. The maximum absolute atomic E-state index is 12.1. The first-order valence-electron chi connectivity index (χ1n) is 9.96. The second-order valence-corrected chi connectivity index (χ2v) is 6.90. The fourth-order valence-electron chi connectivity index (χ4n) is 2.66. The molecule has 9 heteroatoms. The highest BCUT2D eigenvalue weighted by Crippen LogP contribution is 2.19. The van der Waals surface area contributed by atoms with Crippen molar-refractivity contribution in [3.8, 4) is 0 Å². The highest BCUT2D eigenvalue weighted by atomic mass is 19.3. The van der Waals surface area contributed by atoms with Crippen molar-refractivity contribution in [2.75, 3.05) is 32.2 Å². The van der Waals surface area contributed by atoms with Gasteiger partial charge in [-0.05, 0) is 43.3 Å². The van der Waals surface area contributed by atoms with E-state index in [-0.39, 0.29) is 6.67 Å². The molecule has 0 bridgehead atoms. The standard InChI is InChI=1S/C22H33F2N7/c1-6-17-7-8-20(31(4)5)9-18(17)12-29-22(26-3)16(2)11-28-15-30-19(10-25)13-27-14-21(23)24/h7-11,13,21,29-30H,3,6,12,14-15,25H2,1-2,4-5H3/b19-10?,22-16+,27-13?,28-11?. The van der Waals surface area contributed by atoms with Gasteiger partial charge in [0.15, 0.2) is 0 Å². The molecule has 0 amide bonds. The normalized spacial score (nSPS) is 13.1. The molecule has 0 fully saturated rings. The van der Waals surface area contributed by atoms with Crippen LogP contribution >= 0.6 is 0 Å². The van der Waals surface area contributed by atoms with Gasteiger partial charge in [0, 0.05) is 50.5 Å². The van der Waals surface area contributed by atoms with Gasteiger partial charge in [-0.3, -0.25) is 9.98 Å². The number of rotatable bonds is 13. The maximum atomic E-state index is 12.1. The summed E-state index contributed by atoms with van der Waals surface area (Å²) in [5.74, 6) is 0.633. The third-order valence-electron chi connectivity index (χ3n) is 4.38. The molecule has 0 aromatic heterocycles. The van der Waals surface area contributed by atoms with Gasteiger partial charge in [-0.2, -0.15) is 0 Å². The number of anilines is 1. The van der Waals surface area contributed by atoms with Crippen LogP contribution in [0.15, 0.2) is 56.5 Å². The average molecular weight is 434 g/mol. The second-order valence-electron chi connectivity index (χ2n) is 6.90. The summed E-state index contributed by atoms with van der Waals surface area (Å²) in [6.07, 6.45) is 2.62. The SMILES string of the molecule is C=N/C(NCc1cc(N(C)C)ccc1CC)=C(/C)C=NCNC(C=NCC(F)F)=CN. The molecule has 0 aliphatic carbocycles. The Labute approximate surface area is 183 Å². The van der Waals surface area contributed by atoms with Crippen LogP contribution in [0.5, 0.6) is 0 Å². The summed E-state index contributed by atoms with van der Waals surface area (Å²) >= 11 is 0. The molecule has 0 aliphatic rings. The van der Waals surface area contributed by atoms with Crippen LogP contribution in [0, 0.1) is 0 Å². The zero-order valence-corrected chi connectivity index (χ0v) is 18.7. The van der Waals surface area contributed by atoms with Crippen molar-refractivity contribution >= 4 is 24.8 Å². The van der Waals surface area contributed by atoms with Crippen molar-refractivity contribution < 1.29 is 8.78 Å².